The molecule has 14 heavy (non-hydrogen) atoms. The molecule has 1 aromatic rings. The van der Waals surface area contributed by atoms with Gasteiger partial charge in [0.05, 0.1) is 0 Å². The van der Waals surface area contributed by atoms with Gasteiger partial charge in [0.15, 0.2) is 9.12 Å². The fourth-order valence-electron chi connectivity index (χ4n) is 1.59. The van der Waals surface area contributed by atoms with E-state index in [4.69, 9.17) is 0 Å². The van der Waals surface area contributed by atoms with Gasteiger partial charge < -0.3 is 9.96 Å². The van der Waals surface area contributed by atoms with Crippen LogP contribution in [0.15, 0.2) is 30.3 Å². The highest BCUT2D eigenvalue weighted by atomic mass is 28.3. The topological polar surface area (TPSA) is 24.1 Å². The van der Waals surface area contributed by atoms with Gasteiger partial charge in [-0.3, -0.25) is 0 Å². The van der Waals surface area contributed by atoms with Crippen molar-refractivity contribution in [1.29, 1.82) is 0 Å². The monoisotopic (exact) mass is 208 g/mol. The van der Waals surface area contributed by atoms with E-state index >= 15 is 0 Å². The second-order valence-electron chi connectivity index (χ2n) is 3.51. The fraction of sp³-hybridized carbons (Fsp3) is 0.455. The molecular formula is C11H20N2Si. The van der Waals surface area contributed by atoms with E-state index in [0.29, 0.717) is 0 Å². The van der Waals surface area contributed by atoms with Crippen molar-refractivity contribution in [3.8, 4) is 0 Å². The van der Waals surface area contributed by atoms with Gasteiger partial charge in [0.2, 0.25) is 0 Å². The molecule has 0 atom stereocenters. The molecule has 0 aliphatic carbocycles. The van der Waals surface area contributed by atoms with Crippen molar-refractivity contribution in [2.75, 3.05) is 14.1 Å². The summed E-state index contributed by atoms with van der Waals surface area (Å²) in [5.74, 6) is 0. The average molecular weight is 208 g/mol. The molecule has 0 saturated carbocycles. The molecule has 0 unspecified atom stereocenters. The van der Waals surface area contributed by atoms with E-state index in [2.05, 4.69) is 54.4 Å². The zero-order valence-corrected chi connectivity index (χ0v) is 10.2. The predicted octanol–water partition coefficient (Wildman–Crippen LogP) is 1.28. The maximum Gasteiger partial charge on any atom is 0.184 e. The van der Waals surface area contributed by atoms with Crippen LogP contribution in [0.2, 0.25) is 6.04 Å². The van der Waals surface area contributed by atoms with Gasteiger partial charge in [0.25, 0.3) is 0 Å². The van der Waals surface area contributed by atoms with Gasteiger partial charge in [0, 0.05) is 0 Å². The molecule has 0 radical (unpaired) electrons. The molecule has 1 aromatic carbocycles. The number of nitrogens with one attached hydrogen (secondary N) is 2. The first-order chi connectivity index (χ1) is 6.86. The van der Waals surface area contributed by atoms with E-state index in [-0.39, 0.29) is 0 Å². The van der Waals surface area contributed by atoms with E-state index in [9.17, 15) is 0 Å². The summed E-state index contributed by atoms with van der Waals surface area (Å²) in [5.41, 5.74) is 1.45. The lowest BCUT2D eigenvalue weighted by Gasteiger charge is -2.11. The first-order valence-corrected chi connectivity index (χ1v) is 7.22. The van der Waals surface area contributed by atoms with Crippen LogP contribution in [-0.4, -0.2) is 23.2 Å². The third-order valence-electron chi connectivity index (χ3n) is 2.50. The molecule has 2 nitrogen and oxygen atoms in total. The molecule has 0 spiro atoms. The Morgan fingerprint density at radius 3 is 2.29 bits per heavy atom. The number of hydrogen-bond acceptors (Lipinski definition) is 2. The molecule has 0 amide bonds. The molecule has 0 saturated heterocycles. The van der Waals surface area contributed by atoms with Crippen molar-refractivity contribution < 1.29 is 0 Å². The van der Waals surface area contributed by atoms with Crippen molar-refractivity contribution in [2.24, 2.45) is 0 Å². The predicted molar refractivity (Wildman–Crippen MR) is 64.8 cm³/mol. The third kappa shape index (κ3) is 4.04. The van der Waals surface area contributed by atoms with Gasteiger partial charge in [-0.2, -0.15) is 0 Å². The molecule has 3 heteroatoms. The van der Waals surface area contributed by atoms with Crippen LogP contribution >= 0.6 is 0 Å². The van der Waals surface area contributed by atoms with Crippen LogP contribution in [0.1, 0.15) is 12.0 Å². The SMILES string of the molecule is CN[SiH](CCCc1ccccc1)NC. The Bertz CT molecular complexity index is 234. The van der Waals surface area contributed by atoms with E-state index in [1.54, 1.807) is 0 Å². The van der Waals surface area contributed by atoms with Crippen LogP contribution < -0.4 is 9.96 Å². The Kier molecular flexibility index (Phi) is 5.52. The molecule has 0 aliphatic heterocycles. The number of rotatable bonds is 6. The molecule has 1 rings (SSSR count). The number of aryl methyl sites for hydroxylation is 1. The number of benzene rings is 1. The first kappa shape index (κ1) is 11.4. The summed E-state index contributed by atoms with van der Waals surface area (Å²) in [6.45, 7) is 0. The Morgan fingerprint density at radius 1 is 1.07 bits per heavy atom. The summed E-state index contributed by atoms with van der Waals surface area (Å²) in [5, 5.41) is 0. The number of hydrogen-bond donors (Lipinski definition) is 2. The molecule has 0 fully saturated rings. The fourth-order valence-corrected chi connectivity index (χ4v) is 3.07. The van der Waals surface area contributed by atoms with E-state index in [1.165, 1.54) is 24.4 Å². The molecule has 2 N–H and O–H groups in total. The Labute approximate surface area is 88.5 Å². The summed E-state index contributed by atoms with van der Waals surface area (Å²) < 4.78 is 0. The Morgan fingerprint density at radius 2 is 1.71 bits per heavy atom. The van der Waals surface area contributed by atoms with Crippen LogP contribution in [0.4, 0.5) is 0 Å². The summed E-state index contributed by atoms with van der Waals surface area (Å²) in [7, 11) is 3.27. The second-order valence-corrected chi connectivity index (χ2v) is 6.34. The van der Waals surface area contributed by atoms with Crippen molar-refractivity contribution in [3.63, 3.8) is 0 Å². The standard InChI is InChI=1S/C11H20N2Si/c1-12-14(13-2)10-6-9-11-7-4-3-5-8-11/h3-5,7-8,12-14H,6,9-10H2,1-2H3. The third-order valence-corrected chi connectivity index (χ3v) is 4.88. The highest BCUT2D eigenvalue weighted by Crippen LogP contribution is 2.05. The van der Waals surface area contributed by atoms with Crippen molar-refractivity contribution in [1.82, 2.24) is 9.96 Å². The smallest absolute Gasteiger partial charge is 0.184 e. The van der Waals surface area contributed by atoms with E-state index < -0.39 is 9.12 Å². The highest BCUT2D eigenvalue weighted by molar-refractivity contribution is 6.53. The van der Waals surface area contributed by atoms with Crippen LogP contribution in [0, 0.1) is 0 Å². The van der Waals surface area contributed by atoms with Crippen LogP contribution in [0.3, 0.4) is 0 Å². The molecule has 0 aliphatic rings. The Hall–Kier alpha value is -0.643. The van der Waals surface area contributed by atoms with E-state index in [0.717, 1.165) is 0 Å². The molecule has 0 bridgehead atoms. The van der Waals surface area contributed by atoms with Gasteiger partial charge in [-0.05, 0) is 38.5 Å². The van der Waals surface area contributed by atoms with Crippen molar-refractivity contribution in [2.45, 2.75) is 18.9 Å². The minimum Gasteiger partial charge on any atom is -0.331 e. The highest BCUT2D eigenvalue weighted by Gasteiger charge is 2.04. The summed E-state index contributed by atoms with van der Waals surface area (Å²) in [6, 6.07) is 12.0. The summed E-state index contributed by atoms with van der Waals surface area (Å²) in [6.07, 6.45) is 2.48. The van der Waals surface area contributed by atoms with Crippen molar-refractivity contribution in [3.05, 3.63) is 35.9 Å². The molecular weight excluding hydrogens is 188 g/mol. The summed E-state index contributed by atoms with van der Waals surface area (Å²) in [4.78, 5) is 6.73. The minimum atomic E-state index is -0.833. The molecule has 0 heterocycles. The molecule has 0 aromatic heterocycles. The molecule has 78 valence electrons. The van der Waals surface area contributed by atoms with Crippen LogP contribution in [-0.2, 0) is 6.42 Å². The van der Waals surface area contributed by atoms with Gasteiger partial charge in [-0.15, -0.1) is 0 Å². The Balaban J connectivity index is 2.21. The van der Waals surface area contributed by atoms with Crippen LogP contribution in [0.25, 0.3) is 0 Å². The van der Waals surface area contributed by atoms with Gasteiger partial charge in [-0.1, -0.05) is 30.3 Å². The lowest BCUT2D eigenvalue weighted by molar-refractivity contribution is 0.877. The van der Waals surface area contributed by atoms with E-state index in [1.807, 2.05) is 0 Å². The van der Waals surface area contributed by atoms with Crippen molar-refractivity contribution >= 4 is 9.12 Å². The largest absolute Gasteiger partial charge is 0.331 e. The second kappa shape index (κ2) is 6.76. The van der Waals surface area contributed by atoms with Gasteiger partial charge >= 0.3 is 0 Å². The minimum absolute atomic E-state index is 0.833. The van der Waals surface area contributed by atoms with Crippen LogP contribution in [0.5, 0.6) is 0 Å². The quantitative estimate of drug-likeness (QED) is 0.688. The maximum absolute atomic E-state index is 3.37. The summed E-state index contributed by atoms with van der Waals surface area (Å²) >= 11 is 0. The average Bonchev–Trinajstić information content (AvgIpc) is 2.26. The van der Waals surface area contributed by atoms with Gasteiger partial charge in [-0.25, -0.2) is 0 Å². The normalized spacial score (nSPS) is 10.8. The first-order valence-electron chi connectivity index (χ1n) is 5.25. The lowest BCUT2D eigenvalue weighted by Crippen LogP contribution is -2.42. The zero-order chi connectivity index (χ0) is 10.2. The lowest BCUT2D eigenvalue weighted by atomic mass is 10.1. The zero-order valence-electron chi connectivity index (χ0n) is 9.09. The maximum atomic E-state index is 3.37. The van der Waals surface area contributed by atoms with Gasteiger partial charge in [0.1, 0.15) is 0 Å².